The van der Waals surface area contributed by atoms with Gasteiger partial charge in [0.2, 0.25) is 0 Å². The summed E-state index contributed by atoms with van der Waals surface area (Å²) in [7, 11) is 0. The molecule has 78 valence electrons. The summed E-state index contributed by atoms with van der Waals surface area (Å²) < 4.78 is 1.22. The number of hydrogen-bond donors (Lipinski definition) is 1. The van der Waals surface area contributed by atoms with Crippen LogP contribution in [0.3, 0.4) is 0 Å². The van der Waals surface area contributed by atoms with Gasteiger partial charge in [0.05, 0.1) is 21.3 Å². The molecule has 1 heterocycles. The van der Waals surface area contributed by atoms with Crippen LogP contribution in [0.5, 0.6) is 0 Å². The zero-order chi connectivity index (χ0) is 10.3. The number of nitrogens with zero attached hydrogens (tertiary/aromatic N) is 1. The zero-order valence-electron chi connectivity index (χ0n) is 8.39. The van der Waals surface area contributed by atoms with E-state index in [9.17, 15) is 5.11 Å². The van der Waals surface area contributed by atoms with Crippen LogP contribution in [0.25, 0.3) is 10.2 Å². The van der Waals surface area contributed by atoms with E-state index in [1.165, 1.54) is 17.5 Å². The lowest BCUT2D eigenvalue weighted by atomic mass is 10.2. The van der Waals surface area contributed by atoms with E-state index in [0.717, 1.165) is 16.9 Å². The molecule has 0 spiro atoms. The van der Waals surface area contributed by atoms with E-state index in [1.807, 2.05) is 18.2 Å². The first-order valence-corrected chi connectivity index (χ1v) is 6.17. The van der Waals surface area contributed by atoms with Crippen molar-refractivity contribution >= 4 is 21.6 Å². The van der Waals surface area contributed by atoms with Gasteiger partial charge in [0.25, 0.3) is 0 Å². The molecule has 1 aliphatic rings. The Balaban J connectivity index is 1.84. The summed E-state index contributed by atoms with van der Waals surface area (Å²) in [6.45, 7) is 0. The third-order valence-electron chi connectivity index (χ3n) is 2.89. The van der Waals surface area contributed by atoms with E-state index in [2.05, 4.69) is 11.1 Å². The van der Waals surface area contributed by atoms with Crippen molar-refractivity contribution in [3.63, 3.8) is 0 Å². The lowest BCUT2D eigenvalue weighted by Crippen LogP contribution is -2.12. The molecule has 1 aliphatic carbocycles. The fourth-order valence-electron chi connectivity index (χ4n) is 1.83. The average Bonchev–Trinajstić information content (AvgIpc) is 2.99. The van der Waals surface area contributed by atoms with Crippen LogP contribution in [0.1, 0.15) is 17.8 Å². The summed E-state index contributed by atoms with van der Waals surface area (Å²) in [5.74, 6) is 0.539. The van der Waals surface area contributed by atoms with Gasteiger partial charge in [-0.1, -0.05) is 12.1 Å². The SMILES string of the molecule is OC(Cc1nc2ccccc2s1)C1CC1. The first-order chi connectivity index (χ1) is 7.33. The van der Waals surface area contributed by atoms with E-state index in [-0.39, 0.29) is 6.10 Å². The van der Waals surface area contributed by atoms with Crippen molar-refractivity contribution in [1.82, 2.24) is 4.98 Å². The molecule has 2 nitrogen and oxygen atoms in total. The molecule has 0 amide bonds. The van der Waals surface area contributed by atoms with Crippen LogP contribution in [-0.2, 0) is 6.42 Å². The molecule has 0 saturated heterocycles. The summed E-state index contributed by atoms with van der Waals surface area (Å²) >= 11 is 1.70. The van der Waals surface area contributed by atoms with Gasteiger partial charge in [-0.2, -0.15) is 0 Å². The Morgan fingerprint density at radius 3 is 2.93 bits per heavy atom. The summed E-state index contributed by atoms with van der Waals surface area (Å²) in [5, 5.41) is 10.9. The van der Waals surface area contributed by atoms with Crippen LogP contribution in [0.15, 0.2) is 24.3 Å². The molecule has 1 unspecified atom stereocenters. The molecule has 1 saturated carbocycles. The van der Waals surface area contributed by atoms with Crippen LogP contribution >= 0.6 is 11.3 Å². The lowest BCUT2D eigenvalue weighted by molar-refractivity contribution is 0.151. The Bertz CT molecular complexity index is 442. The summed E-state index contributed by atoms with van der Waals surface area (Å²) in [5.41, 5.74) is 1.06. The molecule has 0 bridgehead atoms. The largest absolute Gasteiger partial charge is 0.392 e. The van der Waals surface area contributed by atoms with E-state index >= 15 is 0 Å². The van der Waals surface area contributed by atoms with Gasteiger partial charge in [0, 0.05) is 6.42 Å². The minimum absolute atomic E-state index is 0.175. The molecule has 1 fully saturated rings. The molecule has 0 aliphatic heterocycles. The highest BCUT2D eigenvalue weighted by atomic mass is 32.1. The molecule has 1 aromatic heterocycles. The van der Waals surface area contributed by atoms with Crippen LogP contribution in [-0.4, -0.2) is 16.2 Å². The van der Waals surface area contributed by atoms with Gasteiger partial charge < -0.3 is 5.11 Å². The van der Waals surface area contributed by atoms with Gasteiger partial charge in [0.1, 0.15) is 0 Å². The molecule has 2 aromatic rings. The Labute approximate surface area is 92.6 Å². The summed E-state index contributed by atoms with van der Waals surface area (Å²) in [6.07, 6.45) is 2.92. The van der Waals surface area contributed by atoms with Crippen LogP contribution < -0.4 is 0 Å². The fraction of sp³-hybridized carbons (Fsp3) is 0.417. The van der Waals surface area contributed by atoms with Crippen molar-refractivity contribution in [3.05, 3.63) is 29.3 Å². The monoisotopic (exact) mass is 219 g/mol. The number of thiazole rings is 1. The average molecular weight is 219 g/mol. The van der Waals surface area contributed by atoms with Gasteiger partial charge in [-0.15, -0.1) is 11.3 Å². The highest BCUT2D eigenvalue weighted by Gasteiger charge is 2.30. The van der Waals surface area contributed by atoms with E-state index in [0.29, 0.717) is 5.92 Å². The number of benzene rings is 1. The first-order valence-electron chi connectivity index (χ1n) is 5.35. The summed E-state index contributed by atoms with van der Waals surface area (Å²) in [6, 6.07) is 8.14. The van der Waals surface area contributed by atoms with Crippen molar-refractivity contribution in [1.29, 1.82) is 0 Å². The van der Waals surface area contributed by atoms with Gasteiger partial charge in [-0.05, 0) is 30.9 Å². The van der Waals surface area contributed by atoms with Crippen molar-refractivity contribution < 1.29 is 5.11 Å². The molecule has 1 aromatic carbocycles. The molecule has 3 heteroatoms. The van der Waals surface area contributed by atoms with Crippen molar-refractivity contribution in [3.8, 4) is 0 Å². The fourth-order valence-corrected chi connectivity index (χ4v) is 2.85. The van der Waals surface area contributed by atoms with Crippen LogP contribution in [0.4, 0.5) is 0 Å². The van der Waals surface area contributed by atoms with E-state index in [4.69, 9.17) is 0 Å². The number of aliphatic hydroxyl groups is 1. The number of aliphatic hydroxyl groups excluding tert-OH is 1. The number of rotatable bonds is 3. The maximum absolute atomic E-state index is 9.83. The minimum Gasteiger partial charge on any atom is -0.392 e. The predicted molar refractivity (Wildman–Crippen MR) is 62.1 cm³/mol. The molecule has 1 atom stereocenters. The van der Waals surface area contributed by atoms with Gasteiger partial charge in [-0.3, -0.25) is 0 Å². The third kappa shape index (κ3) is 1.90. The van der Waals surface area contributed by atoms with Crippen molar-refractivity contribution in [2.24, 2.45) is 5.92 Å². The zero-order valence-corrected chi connectivity index (χ0v) is 9.20. The van der Waals surface area contributed by atoms with E-state index < -0.39 is 0 Å². The Kier molecular flexibility index (Phi) is 2.22. The quantitative estimate of drug-likeness (QED) is 0.860. The minimum atomic E-state index is -0.175. The normalized spacial score (nSPS) is 18.2. The molecule has 1 N–H and O–H groups in total. The molecular weight excluding hydrogens is 206 g/mol. The Morgan fingerprint density at radius 1 is 1.40 bits per heavy atom. The second kappa shape index (κ2) is 3.58. The highest BCUT2D eigenvalue weighted by Crippen LogP contribution is 2.34. The number of aromatic nitrogens is 1. The first kappa shape index (κ1) is 9.31. The number of fused-ring (bicyclic) bond motifs is 1. The summed E-state index contributed by atoms with van der Waals surface area (Å²) in [4.78, 5) is 4.52. The maximum Gasteiger partial charge on any atom is 0.0964 e. The van der Waals surface area contributed by atoms with E-state index in [1.54, 1.807) is 11.3 Å². The number of para-hydroxylation sites is 1. The lowest BCUT2D eigenvalue weighted by Gasteiger charge is -2.04. The topological polar surface area (TPSA) is 33.1 Å². The second-order valence-electron chi connectivity index (χ2n) is 4.18. The van der Waals surface area contributed by atoms with Crippen molar-refractivity contribution in [2.75, 3.05) is 0 Å². The number of hydrogen-bond acceptors (Lipinski definition) is 3. The Hall–Kier alpha value is -0.930. The van der Waals surface area contributed by atoms with Gasteiger partial charge in [0.15, 0.2) is 0 Å². The molecular formula is C12H13NOS. The van der Waals surface area contributed by atoms with Gasteiger partial charge >= 0.3 is 0 Å². The van der Waals surface area contributed by atoms with Crippen molar-refractivity contribution in [2.45, 2.75) is 25.4 Å². The standard InChI is InChI=1S/C12H13NOS/c14-10(8-5-6-8)7-12-13-9-3-1-2-4-11(9)15-12/h1-4,8,10,14H,5-7H2. The maximum atomic E-state index is 9.83. The molecule has 0 radical (unpaired) electrons. The predicted octanol–water partition coefficient (Wildman–Crippen LogP) is 2.61. The third-order valence-corrected chi connectivity index (χ3v) is 3.95. The highest BCUT2D eigenvalue weighted by molar-refractivity contribution is 7.18. The van der Waals surface area contributed by atoms with Gasteiger partial charge in [-0.25, -0.2) is 4.98 Å². The molecule has 3 rings (SSSR count). The smallest absolute Gasteiger partial charge is 0.0964 e. The Morgan fingerprint density at radius 2 is 2.20 bits per heavy atom. The second-order valence-corrected chi connectivity index (χ2v) is 5.30. The van der Waals surface area contributed by atoms with Crippen LogP contribution in [0.2, 0.25) is 0 Å². The van der Waals surface area contributed by atoms with Crippen LogP contribution in [0, 0.1) is 5.92 Å². The molecule has 15 heavy (non-hydrogen) atoms.